The molecule has 4 nitrogen and oxygen atoms in total. The Morgan fingerprint density at radius 3 is 2.38 bits per heavy atom. The van der Waals surface area contributed by atoms with Crippen LogP contribution in [0, 0.1) is 5.92 Å². The van der Waals surface area contributed by atoms with Gasteiger partial charge in [-0.15, -0.1) is 0 Å². The lowest BCUT2D eigenvalue weighted by Gasteiger charge is -2.45. The summed E-state index contributed by atoms with van der Waals surface area (Å²) in [6.07, 6.45) is 0.780. The van der Waals surface area contributed by atoms with Crippen LogP contribution in [0.5, 0.6) is 0 Å². The van der Waals surface area contributed by atoms with E-state index in [1.54, 1.807) is 6.92 Å². The van der Waals surface area contributed by atoms with Crippen LogP contribution in [0.4, 0.5) is 13.2 Å². The van der Waals surface area contributed by atoms with E-state index in [0.717, 1.165) is 23.2 Å². The van der Waals surface area contributed by atoms with E-state index in [1.807, 2.05) is 0 Å². The zero-order chi connectivity index (χ0) is 18.9. The lowest BCUT2D eigenvalue weighted by molar-refractivity contribution is -0.144. The number of ketones is 1. The molecule has 0 radical (unpaired) electrons. The molecule has 3 heterocycles. The molecule has 26 heavy (non-hydrogen) atoms. The van der Waals surface area contributed by atoms with Crippen LogP contribution in [-0.2, 0) is 12.7 Å². The molecule has 144 valence electrons. The first-order valence-corrected chi connectivity index (χ1v) is 9.39. The van der Waals surface area contributed by atoms with Crippen LogP contribution in [0.1, 0.15) is 61.5 Å². The summed E-state index contributed by atoms with van der Waals surface area (Å²) < 4.78 is 40.6. The molecule has 0 N–H and O–H groups in total. The average molecular weight is 370 g/mol. The standard InChI is InChI=1S/C19H25F3N2O2/c1-2-16(25)15-8-9-17(19(20,21)22)24(18(15)26)11-3-10-23-12-13-4-6-14(23)7-5-13/h8-9,13-14H,2-7,10-12H2,1H3. The Labute approximate surface area is 151 Å². The number of carbonyl (C=O) groups excluding carboxylic acids is 1. The molecule has 0 amide bonds. The summed E-state index contributed by atoms with van der Waals surface area (Å²) in [5, 5.41) is 0. The lowest BCUT2D eigenvalue weighted by atomic mass is 9.80. The van der Waals surface area contributed by atoms with Crippen molar-refractivity contribution in [1.29, 1.82) is 0 Å². The summed E-state index contributed by atoms with van der Waals surface area (Å²) in [6.45, 7) is 3.28. The van der Waals surface area contributed by atoms with Gasteiger partial charge in [0.05, 0.1) is 5.56 Å². The van der Waals surface area contributed by atoms with Crippen LogP contribution in [0.3, 0.4) is 0 Å². The Bertz CT molecular complexity index is 718. The second-order valence-electron chi connectivity index (χ2n) is 7.39. The zero-order valence-electron chi connectivity index (χ0n) is 15.0. The molecule has 2 bridgehead atoms. The summed E-state index contributed by atoms with van der Waals surface area (Å²) in [4.78, 5) is 26.7. The molecular formula is C19H25F3N2O2. The van der Waals surface area contributed by atoms with E-state index in [2.05, 4.69) is 4.90 Å². The van der Waals surface area contributed by atoms with Gasteiger partial charge >= 0.3 is 6.18 Å². The number of Topliss-reactive ketones (excluding diaryl/α,β-unsaturated/α-hetero) is 1. The Kier molecular flexibility index (Phi) is 5.55. The molecule has 0 aromatic carbocycles. The van der Waals surface area contributed by atoms with Gasteiger partial charge in [0.1, 0.15) is 5.69 Å². The monoisotopic (exact) mass is 370 g/mol. The number of carbonyl (C=O) groups is 1. The van der Waals surface area contributed by atoms with E-state index >= 15 is 0 Å². The van der Waals surface area contributed by atoms with Crippen LogP contribution >= 0.6 is 0 Å². The second kappa shape index (κ2) is 7.55. The number of pyridine rings is 1. The van der Waals surface area contributed by atoms with Crippen molar-refractivity contribution in [2.24, 2.45) is 5.92 Å². The number of alkyl halides is 3. The van der Waals surface area contributed by atoms with Crippen molar-refractivity contribution in [1.82, 2.24) is 9.47 Å². The fourth-order valence-electron chi connectivity index (χ4n) is 4.33. The minimum absolute atomic E-state index is 0.0214. The molecule has 0 unspecified atom stereocenters. The van der Waals surface area contributed by atoms with Crippen molar-refractivity contribution in [2.45, 2.75) is 64.2 Å². The van der Waals surface area contributed by atoms with Gasteiger partial charge in [-0.2, -0.15) is 13.2 Å². The number of piperidine rings is 2. The number of rotatable bonds is 6. The summed E-state index contributed by atoms with van der Waals surface area (Å²) >= 11 is 0. The zero-order valence-corrected chi connectivity index (χ0v) is 15.0. The summed E-state index contributed by atoms with van der Waals surface area (Å²) in [7, 11) is 0. The SMILES string of the molecule is CCC(=O)c1ccc(C(F)(F)F)n(CCCN2CC3CCC2CC3)c1=O. The third-order valence-corrected chi connectivity index (χ3v) is 5.74. The molecule has 1 saturated carbocycles. The van der Waals surface area contributed by atoms with Crippen LogP contribution in [0.25, 0.3) is 0 Å². The maximum absolute atomic E-state index is 13.3. The van der Waals surface area contributed by atoms with Gasteiger partial charge in [0.15, 0.2) is 5.78 Å². The van der Waals surface area contributed by atoms with Crippen molar-refractivity contribution in [3.05, 3.63) is 33.7 Å². The highest BCUT2D eigenvalue weighted by Gasteiger charge is 2.36. The molecule has 7 heteroatoms. The van der Waals surface area contributed by atoms with Gasteiger partial charge in [-0.25, -0.2) is 0 Å². The van der Waals surface area contributed by atoms with Crippen molar-refractivity contribution in [2.75, 3.05) is 13.1 Å². The van der Waals surface area contributed by atoms with Gasteiger partial charge in [-0.05, 0) is 50.2 Å². The molecule has 0 spiro atoms. The summed E-state index contributed by atoms with van der Waals surface area (Å²) in [5.41, 5.74) is -1.96. The minimum atomic E-state index is -4.61. The molecule has 1 aromatic rings. The van der Waals surface area contributed by atoms with Crippen LogP contribution in [0.15, 0.2) is 16.9 Å². The van der Waals surface area contributed by atoms with Crippen molar-refractivity contribution >= 4 is 5.78 Å². The van der Waals surface area contributed by atoms with Gasteiger partial charge in [0.2, 0.25) is 0 Å². The highest BCUT2D eigenvalue weighted by atomic mass is 19.4. The molecule has 1 aliphatic carbocycles. The molecule has 2 saturated heterocycles. The topological polar surface area (TPSA) is 42.3 Å². The maximum atomic E-state index is 13.3. The van der Waals surface area contributed by atoms with Gasteiger partial charge in [-0.1, -0.05) is 6.92 Å². The fourth-order valence-corrected chi connectivity index (χ4v) is 4.33. The van der Waals surface area contributed by atoms with Gasteiger partial charge < -0.3 is 9.47 Å². The van der Waals surface area contributed by atoms with Crippen molar-refractivity contribution in [3.63, 3.8) is 0 Å². The van der Waals surface area contributed by atoms with Gasteiger partial charge in [0, 0.05) is 32.1 Å². The van der Waals surface area contributed by atoms with Crippen molar-refractivity contribution < 1.29 is 18.0 Å². The van der Waals surface area contributed by atoms with Crippen molar-refractivity contribution in [3.8, 4) is 0 Å². The number of nitrogens with zero attached hydrogens (tertiary/aromatic N) is 2. The van der Waals surface area contributed by atoms with Gasteiger partial charge in [0.25, 0.3) is 5.56 Å². The number of halogens is 3. The number of aromatic nitrogens is 1. The van der Waals surface area contributed by atoms with E-state index in [1.165, 1.54) is 25.7 Å². The minimum Gasteiger partial charge on any atom is -0.304 e. The van der Waals surface area contributed by atoms with E-state index in [4.69, 9.17) is 0 Å². The van der Waals surface area contributed by atoms with Gasteiger partial charge in [-0.3, -0.25) is 9.59 Å². The summed E-state index contributed by atoms with van der Waals surface area (Å²) in [6, 6.07) is 2.40. The molecule has 0 atom stereocenters. The van der Waals surface area contributed by atoms with Crippen LogP contribution in [0.2, 0.25) is 0 Å². The predicted molar refractivity (Wildman–Crippen MR) is 92.3 cm³/mol. The van der Waals surface area contributed by atoms with E-state index in [0.29, 0.717) is 24.9 Å². The molecule has 3 aliphatic rings. The first kappa shape index (κ1) is 19.1. The molecule has 4 rings (SSSR count). The Balaban J connectivity index is 1.76. The third kappa shape index (κ3) is 3.87. The average Bonchev–Trinajstić information content (AvgIpc) is 2.62. The summed E-state index contributed by atoms with van der Waals surface area (Å²) in [5.74, 6) is 0.282. The Morgan fingerprint density at radius 1 is 1.15 bits per heavy atom. The largest absolute Gasteiger partial charge is 0.431 e. The highest BCUT2D eigenvalue weighted by Crippen LogP contribution is 2.35. The number of fused-ring (bicyclic) bond motifs is 3. The molecule has 1 aromatic heterocycles. The highest BCUT2D eigenvalue weighted by molar-refractivity contribution is 5.95. The maximum Gasteiger partial charge on any atom is 0.431 e. The smallest absolute Gasteiger partial charge is 0.304 e. The fraction of sp³-hybridized carbons (Fsp3) is 0.684. The molecular weight excluding hydrogens is 345 g/mol. The first-order valence-electron chi connectivity index (χ1n) is 9.39. The third-order valence-electron chi connectivity index (χ3n) is 5.74. The van der Waals surface area contributed by atoms with E-state index in [-0.39, 0.29) is 18.5 Å². The van der Waals surface area contributed by atoms with Crippen LogP contribution < -0.4 is 5.56 Å². The number of hydrogen-bond acceptors (Lipinski definition) is 3. The number of hydrogen-bond donors (Lipinski definition) is 0. The molecule has 3 fully saturated rings. The lowest BCUT2D eigenvalue weighted by Crippen LogP contribution is -2.48. The quantitative estimate of drug-likeness (QED) is 0.717. The second-order valence-corrected chi connectivity index (χ2v) is 7.39. The Hall–Kier alpha value is -1.63. The Morgan fingerprint density at radius 2 is 1.85 bits per heavy atom. The predicted octanol–water partition coefficient (Wildman–Crippen LogP) is 3.72. The molecule has 2 aliphatic heterocycles. The van der Waals surface area contributed by atoms with E-state index < -0.39 is 23.2 Å². The normalized spacial score (nSPS) is 23.4. The van der Waals surface area contributed by atoms with E-state index in [9.17, 15) is 22.8 Å². The first-order chi connectivity index (χ1) is 12.3. The van der Waals surface area contributed by atoms with Crippen LogP contribution in [-0.4, -0.2) is 34.4 Å².